The Morgan fingerprint density at radius 3 is 2.54 bits per heavy atom. The van der Waals surface area contributed by atoms with Crippen LogP contribution in [0.1, 0.15) is 29.0 Å². The Morgan fingerprint density at radius 2 is 1.77 bits per heavy atom. The zero-order chi connectivity index (χ0) is 23.4. The molecule has 0 radical (unpaired) electrons. The minimum atomic E-state index is -0.271. The van der Waals surface area contributed by atoms with Crippen LogP contribution in [0.25, 0.3) is 27.8 Å². The van der Waals surface area contributed by atoms with Gasteiger partial charge in [0.2, 0.25) is 0 Å². The molecule has 2 unspecified atom stereocenters. The van der Waals surface area contributed by atoms with Gasteiger partial charge in [-0.3, -0.25) is 4.90 Å². The minimum absolute atomic E-state index is 0.0486. The largest absolute Gasteiger partial charge is 0.448 e. The Hall–Kier alpha value is -3.90. The maximum Gasteiger partial charge on any atom is 0.410 e. The second-order valence-electron chi connectivity index (χ2n) is 9.40. The number of nitrogens with zero attached hydrogens (tertiary/aromatic N) is 2. The van der Waals surface area contributed by atoms with Crippen LogP contribution in [0.5, 0.6) is 0 Å². The molecule has 1 aliphatic carbocycles. The molecule has 35 heavy (non-hydrogen) atoms. The molecule has 2 bridgehead atoms. The number of benzene rings is 3. The van der Waals surface area contributed by atoms with E-state index in [4.69, 9.17) is 13.9 Å². The number of hydrogen-bond donors (Lipinski definition) is 0. The maximum absolute atomic E-state index is 13.4. The van der Waals surface area contributed by atoms with Crippen LogP contribution in [0.3, 0.4) is 0 Å². The second kappa shape index (κ2) is 8.10. The van der Waals surface area contributed by atoms with Crippen LogP contribution in [-0.2, 0) is 9.47 Å². The van der Waals surface area contributed by atoms with Crippen LogP contribution >= 0.6 is 0 Å². The van der Waals surface area contributed by atoms with E-state index >= 15 is 0 Å². The molecule has 1 aromatic heterocycles. The second-order valence-corrected chi connectivity index (χ2v) is 9.40. The normalized spacial score (nSPS) is 20.9. The Labute approximate surface area is 202 Å². The molecule has 2 aliphatic heterocycles. The molecule has 1 fully saturated rings. The van der Waals surface area contributed by atoms with Crippen molar-refractivity contribution in [3.63, 3.8) is 0 Å². The third kappa shape index (κ3) is 3.36. The van der Waals surface area contributed by atoms with Crippen molar-refractivity contribution in [2.24, 2.45) is 0 Å². The highest BCUT2D eigenvalue weighted by Gasteiger charge is 2.40. The molecule has 4 aromatic rings. The van der Waals surface area contributed by atoms with Crippen molar-refractivity contribution in [1.82, 2.24) is 9.88 Å². The van der Waals surface area contributed by atoms with Crippen molar-refractivity contribution in [3.05, 3.63) is 95.9 Å². The number of amides is 1. The number of fused-ring (bicyclic) bond motifs is 6. The number of ether oxygens (including phenoxy) is 2. The van der Waals surface area contributed by atoms with Crippen molar-refractivity contribution >= 4 is 22.8 Å². The first-order valence-electron chi connectivity index (χ1n) is 12.0. The zero-order valence-electron chi connectivity index (χ0n) is 19.1. The van der Waals surface area contributed by atoms with E-state index in [9.17, 15) is 4.79 Å². The van der Waals surface area contributed by atoms with Crippen LogP contribution in [0, 0.1) is 0 Å². The summed E-state index contributed by atoms with van der Waals surface area (Å²) in [6.07, 6.45) is 4.04. The average molecular weight is 465 g/mol. The van der Waals surface area contributed by atoms with Crippen molar-refractivity contribution in [1.29, 1.82) is 0 Å². The molecule has 0 saturated carbocycles. The average Bonchev–Trinajstić information content (AvgIpc) is 3.48. The summed E-state index contributed by atoms with van der Waals surface area (Å²) in [5, 5.41) is 0. The first kappa shape index (κ1) is 20.5. The summed E-state index contributed by atoms with van der Waals surface area (Å²) in [5.74, 6) is 0.0486. The molecule has 6 heteroatoms. The van der Waals surface area contributed by atoms with Crippen molar-refractivity contribution in [2.75, 3.05) is 19.8 Å². The molecular formula is C29H24N2O4. The van der Waals surface area contributed by atoms with Gasteiger partial charge < -0.3 is 13.9 Å². The van der Waals surface area contributed by atoms with E-state index in [1.807, 2.05) is 17.0 Å². The quantitative estimate of drug-likeness (QED) is 0.393. The van der Waals surface area contributed by atoms with Gasteiger partial charge in [-0.15, -0.1) is 0 Å². The van der Waals surface area contributed by atoms with Crippen molar-refractivity contribution < 1.29 is 18.7 Å². The van der Waals surface area contributed by atoms with Crippen LogP contribution < -0.4 is 0 Å². The summed E-state index contributed by atoms with van der Waals surface area (Å²) in [6.45, 7) is 1.30. The van der Waals surface area contributed by atoms with Gasteiger partial charge in [-0.05, 0) is 51.9 Å². The number of carbonyl (C=O) groups is 1. The fourth-order valence-electron chi connectivity index (χ4n) is 5.82. The molecule has 0 spiro atoms. The third-order valence-corrected chi connectivity index (χ3v) is 7.45. The molecule has 0 N–H and O–H groups in total. The zero-order valence-corrected chi connectivity index (χ0v) is 19.1. The lowest BCUT2D eigenvalue weighted by molar-refractivity contribution is -0.0331. The summed E-state index contributed by atoms with van der Waals surface area (Å²) >= 11 is 0. The van der Waals surface area contributed by atoms with Gasteiger partial charge in [-0.2, -0.15) is 0 Å². The molecule has 3 aliphatic rings. The summed E-state index contributed by atoms with van der Waals surface area (Å²) < 4.78 is 17.2. The molecule has 3 heterocycles. The molecule has 7 rings (SSSR count). The van der Waals surface area contributed by atoms with Gasteiger partial charge >= 0.3 is 6.09 Å². The molecular weight excluding hydrogens is 440 g/mol. The number of aromatic nitrogens is 1. The van der Waals surface area contributed by atoms with E-state index in [2.05, 4.69) is 65.7 Å². The van der Waals surface area contributed by atoms with Gasteiger partial charge in [0.1, 0.15) is 12.1 Å². The van der Waals surface area contributed by atoms with Crippen LogP contribution in [-0.4, -0.2) is 47.9 Å². The molecule has 3 aromatic carbocycles. The van der Waals surface area contributed by atoms with Gasteiger partial charge in [0.25, 0.3) is 0 Å². The van der Waals surface area contributed by atoms with Gasteiger partial charge in [-0.1, -0.05) is 60.7 Å². The number of morpholine rings is 1. The standard InChI is InChI=1S/C29H24N2O4/c32-29(34-16-26-24-7-3-1-5-22(24)23-6-2-4-8-25(23)26)31-20-11-19(12-21(31)15-33-14-20)18-9-10-28-27(13-18)30-17-35-28/h1-11,13,17,20-21,26H,12,14-16H2. The highest BCUT2D eigenvalue weighted by Crippen LogP contribution is 2.44. The predicted octanol–water partition coefficient (Wildman–Crippen LogP) is 5.63. The first-order chi connectivity index (χ1) is 17.3. The Morgan fingerprint density at radius 1 is 1.00 bits per heavy atom. The summed E-state index contributed by atoms with van der Waals surface area (Å²) in [6, 6.07) is 22.6. The molecule has 2 atom stereocenters. The smallest absolute Gasteiger partial charge is 0.410 e. The first-order valence-corrected chi connectivity index (χ1v) is 12.0. The highest BCUT2D eigenvalue weighted by molar-refractivity contribution is 5.81. The monoisotopic (exact) mass is 464 g/mol. The Balaban J connectivity index is 1.12. The van der Waals surface area contributed by atoms with E-state index < -0.39 is 0 Å². The van der Waals surface area contributed by atoms with Gasteiger partial charge in [0.05, 0.1) is 25.3 Å². The molecule has 1 amide bonds. The minimum Gasteiger partial charge on any atom is -0.448 e. The number of oxazole rings is 1. The number of hydrogen-bond acceptors (Lipinski definition) is 5. The fourth-order valence-corrected chi connectivity index (χ4v) is 5.82. The van der Waals surface area contributed by atoms with Crippen molar-refractivity contribution in [3.8, 4) is 11.1 Å². The highest BCUT2D eigenvalue weighted by atomic mass is 16.6. The number of carbonyl (C=O) groups excluding carboxylic acids is 1. The SMILES string of the molecule is O=C(OCC1c2ccccc2-c2ccccc21)N1C2C=C(c3ccc4ocnc4c3)CC1COC2. The maximum atomic E-state index is 13.4. The van der Waals surface area contributed by atoms with Gasteiger partial charge in [-0.25, -0.2) is 9.78 Å². The summed E-state index contributed by atoms with van der Waals surface area (Å²) in [7, 11) is 0. The van der Waals surface area contributed by atoms with Crippen LogP contribution in [0.4, 0.5) is 4.79 Å². The van der Waals surface area contributed by atoms with Crippen molar-refractivity contribution in [2.45, 2.75) is 24.4 Å². The van der Waals surface area contributed by atoms with E-state index in [0.717, 1.165) is 16.7 Å². The molecule has 174 valence electrons. The van der Waals surface area contributed by atoms with Gasteiger partial charge in [0, 0.05) is 5.92 Å². The van der Waals surface area contributed by atoms with E-state index in [-0.39, 0.29) is 24.1 Å². The topological polar surface area (TPSA) is 64.8 Å². The van der Waals surface area contributed by atoms with E-state index in [1.54, 1.807) is 0 Å². The van der Waals surface area contributed by atoms with E-state index in [0.29, 0.717) is 26.2 Å². The van der Waals surface area contributed by atoms with E-state index in [1.165, 1.54) is 34.2 Å². The summed E-state index contributed by atoms with van der Waals surface area (Å²) in [5.41, 5.74) is 8.81. The third-order valence-electron chi connectivity index (χ3n) is 7.45. The lowest BCUT2D eigenvalue weighted by Crippen LogP contribution is -2.56. The molecule has 6 nitrogen and oxygen atoms in total. The predicted molar refractivity (Wildman–Crippen MR) is 132 cm³/mol. The van der Waals surface area contributed by atoms with Crippen LogP contribution in [0.15, 0.2) is 83.6 Å². The van der Waals surface area contributed by atoms with Crippen LogP contribution in [0.2, 0.25) is 0 Å². The molecule has 1 saturated heterocycles. The summed E-state index contributed by atoms with van der Waals surface area (Å²) in [4.78, 5) is 19.5. The number of rotatable bonds is 3. The Kier molecular flexibility index (Phi) is 4.74. The lowest BCUT2D eigenvalue weighted by Gasteiger charge is -2.44. The van der Waals surface area contributed by atoms with Gasteiger partial charge in [0.15, 0.2) is 12.0 Å². The fraction of sp³-hybridized carbons (Fsp3) is 0.241. The Bertz CT molecular complexity index is 1430. The lowest BCUT2D eigenvalue weighted by atomic mass is 9.90.